The maximum Gasteiger partial charge on any atom is 0.128 e. The Morgan fingerprint density at radius 1 is 1.37 bits per heavy atom. The van der Waals surface area contributed by atoms with Gasteiger partial charge in [-0.05, 0) is 18.6 Å². The van der Waals surface area contributed by atoms with Crippen molar-refractivity contribution in [3.8, 4) is 6.07 Å². The number of pyridine rings is 1. The molecule has 102 valence electrons. The fourth-order valence-electron chi connectivity index (χ4n) is 2.46. The van der Waals surface area contributed by atoms with Crippen molar-refractivity contribution in [1.29, 1.82) is 5.26 Å². The lowest BCUT2D eigenvalue weighted by atomic mass is 10.1. The Morgan fingerprint density at radius 3 is 2.58 bits per heavy atom. The minimum absolute atomic E-state index is 0.228. The van der Waals surface area contributed by atoms with Crippen LogP contribution in [0.15, 0.2) is 18.3 Å². The Kier molecular flexibility index (Phi) is 4.72. The van der Waals surface area contributed by atoms with E-state index < -0.39 is 0 Å². The van der Waals surface area contributed by atoms with E-state index in [9.17, 15) is 5.11 Å². The van der Waals surface area contributed by atoms with Gasteiger partial charge in [0.05, 0.1) is 12.2 Å². The van der Waals surface area contributed by atoms with E-state index in [1.807, 2.05) is 6.07 Å². The largest absolute Gasteiger partial charge is 0.395 e. The zero-order valence-electron chi connectivity index (χ0n) is 11.3. The van der Waals surface area contributed by atoms with Gasteiger partial charge in [0.1, 0.15) is 11.9 Å². The Labute approximate surface area is 114 Å². The second-order valence-corrected chi connectivity index (χ2v) is 4.78. The third-order valence-electron chi connectivity index (χ3n) is 3.71. The first-order valence-electron chi connectivity index (χ1n) is 6.74. The molecule has 0 aromatic carbocycles. The molecule has 0 bridgehead atoms. The number of aliphatic hydroxyl groups is 1. The van der Waals surface area contributed by atoms with Gasteiger partial charge >= 0.3 is 0 Å². The van der Waals surface area contributed by atoms with Crippen LogP contribution in [0.3, 0.4) is 0 Å². The molecule has 1 aliphatic heterocycles. The number of anilines is 1. The molecule has 2 rings (SSSR count). The van der Waals surface area contributed by atoms with Gasteiger partial charge in [-0.3, -0.25) is 4.90 Å². The highest BCUT2D eigenvalue weighted by molar-refractivity contribution is 5.42. The van der Waals surface area contributed by atoms with Crippen LogP contribution in [-0.2, 0) is 0 Å². The number of piperazine rings is 1. The molecule has 0 amide bonds. The van der Waals surface area contributed by atoms with Crippen molar-refractivity contribution in [3.63, 3.8) is 0 Å². The topological polar surface area (TPSA) is 63.4 Å². The molecule has 5 heteroatoms. The summed E-state index contributed by atoms with van der Waals surface area (Å²) >= 11 is 0. The van der Waals surface area contributed by atoms with Crippen LogP contribution in [0, 0.1) is 11.3 Å². The lowest BCUT2D eigenvalue weighted by molar-refractivity contribution is 0.114. The Morgan fingerprint density at radius 2 is 2.11 bits per heavy atom. The number of aliphatic hydroxyl groups excluding tert-OH is 1. The van der Waals surface area contributed by atoms with Crippen molar-refractivity contribution >= 4 is 5.82 Å². The lowest BCUT2D eigenvalue weighted by Crippen LogP contribution is -2.51. The van der Waals surface area contributed by atoms with Crippen molar-refractivity contribution < 1.29 is 5.11 Å². The fraction of sp³-hybridized carbons (Fsp3) is 0.571. The molecular weight excluding hydrogens is 240 g/mol. The van der Waals surface area contributed by atoms with E-state index >= 15 is 0 Å². The van der Waals surface area contributed by atoms with Gasteiger partial charge < -0.3 is 10.0 Å². The summed E-state index contributed by atoms with van der Waals surface area (Å²) in [5, 5.41) is 18.1. The quantitative estimate of drug-likeness (QED) is 0.869. The SMILES string of the molecule is CCC(CO)N1CCN(c2ccc(C#N)cn2)CC1. The summed E-state index contributed by atoms with van der Waals surface area (Å²) in [5.41, 5.74) is 0.591. The van der Waals surface area contributed by atoms with Crippen molar-refractivity contribution in [2.45, 2.75) is 19.4 Å². The maximum atomic E-state index is 9.32. The van der Waals surface area contributed by atoms with Crippen molar-refractivity contribution in [3.05, 3.63) is 23.9 Å². The summed E-state index contributed by atoms with van der Waals surface area (Å²) in [7, 11) is 0. The molecule has 1 N–H and O–H groups in total. The van der Waals surface area contributed by atoms with Gasteiger partial charge in [-0.15, -0.1) is 0 Å². The standard InChI is InChI=1S/C14H20N4O/c1-2-13(11-19)17-5-7-18(8-6-17)14-4-3-12(9-15)10-16-14/h3-4,10,13,19H,2,5-8,11H2,1H3. The van der Waals surface area contributed by atoms with Crippen molar-refractivity contribution in [2.75, 3.05) is 37.7 Å². The Hall–Kier alpha value is -1.64. The molecular formula is C14H20N4O. The average molecular weight is 260 g/mol. The van der Waals surface area contributed by atoms with E-state index in [1.165, 1.54) is 0 Å². The molecule has 0 aliphatic carbocycles. The normalized spacial score (nSPS) is 18.1. The second-order valence-electron chi connectivity index (χ2n) is 4.78. The molecule has 0 spiro atoms. The molecule has 0 saturated carbocycles. The van der Waals surface area contributed by atoms with Gasteiger partial charge in [0.25, 0.3) is 0 Å². The predicted octanol–water partition coefficient (Wildman–Crippen LogP) is 0.846. The van der Waals surface area contributed by atoms with Crippen LogP contribution >= 0.6 is 0 Å². The zero-order valence-corrected chi connectivity index (χ0v) is 11.3. The monoisotopic (exact) mass is 260 g/mol. The van der Waals surface area contributed by atoms with Crippen LogP contribution in [-0.4, -0.2) is 53.8 Å². The molecule has 1 aliphatic rings. The second kappa shape index (κ2) is 6.50. The smallest absolute Gasteiger partial charge is 0.128 e. The summed E-state index contributed by atoms with van der Waals surface area (Å²) in [4.78, 5) is 8.88. The predicted molar refractivity (Wildman–Crippen MR) is 73.9 cm³/mol. The molecule has 1 aromatic heterocycles. The Bertz CT molecular complexity index is 428. The van der Waals surface area contributed by atoms with Crippen molar-refractivity contribution in [1.82, 2.24) is 9.88 Å². The number of nitriles is 1. The van der Waals surface area contributed by atoms with Crippen LogP contribution in [0.25, 0.3) is 0 Å². The van der Waals surface area contributed by atoms with Gasteiger partial charge in [0, 0.05) is 38.4 Å². The first kappa shape index (κ1) is 13.8. The van der Waals surface area contributed by atoms with E-state index in [0.717, 1.165) is 38.4 Å². The summed E-state index contributed by atoms with van der Waals surface area (Å²) in [6.45, 7) is 6.05. The minimum Gasteiger partial charge on any atom is -0.395 e. The van der Waals surface area contributed by atoms with E-state index in [4.69, 9.17) is 5.26 Å². The van der Waals surface area contributed by atoms with Gasteiger partial charge in [-0.1, -0.05) is 6.92 Å². The molecule has 0 radical (unpaired) electrons. The summed E-state index contributed by atoms with van der Waals surface area (Å²) < 4.78 is 0. The third kappa shape index (κ3) is 3.22. The first-order chi connectivity index (χ1) is 9.28. The van der Waals surface area contributed by atoms with Crippen LogP contribution in [0.5, 0.6) is 0 Å². The highest BCUT2D eigenvalue weighted by Crippen LogP contribution is 2.15. The fourth-order valence-corrected chi connectivity index (χ4v) is 2.46. The average Bonchev–Trinajstić information content (AvgIpc) is 2.49. The van der Waals surface area contributed by atoms with Crippen molar-refractivity contribution in [2.24, 2.45) is 0 Å². The molecule has 5 nitrogen and oxygen atoms in total. The molecule has 1 aromatic rings. The first-order valence-corrected chi connectivity index (χ1v) is 6.74. The van der Waals surface area contributed by atoms with Crippen LogP contribution < -0.4 is 4.90 Å². The van der Waals surface area contributed by atoms with E-state index in [-0.39, 0.29) is 12.6 Å². The van der Waals surface area contributed by atoms with Crippen LogP contribution in [0.2, 0.25) is 0 Å². The zero-order chi connectivity index (χ0) is 13.7. The van der Waals surface area contributed by atoms with Gasteiger partial charge in [-0.25, -0.2) is 4.98 Å². The number of rotatable bonds is 4. The molecule has 1 unspecified atom stereocenters. The molecule has 2 heterocycles. The Balaban J connectivity index is 1.94. The van der Waals surface area contributed by atoms with Gasteiger partial charge in [0.15, 0.2) is 0 Å². The maximum absolute atomic E-state index is 9.32. The van der Waals surface area contributed by atoms with Gasteiger partial charge in [-0.2, -0.15) is 5.26 Å². The van der Waals surface area contributed by atoms with E-state index in [1.54, 1.807) is 12.3 Å². The minimum atomic E-state index is 0.228. The molecule has 1 fully saturated rings. The number of hydrogen-bond donors (Lipinski definition) is 1. The summed E-state index contributed by atoms with van der Waals surface area (Å²) in [5.74, 6) is 0.927. The highest BCUT2D eigenvalue weighted by Gasteiger charge is 2.22. The molecule has 1 atom stereocenters. The van der Waals surface area contributed by atoms with Gasteiger partial charge in [0.2, 0.25) is 0 Å². The lowest BCUT2D eigenvalue weighted by Gasteiger charge is -2.38. The molecule has 19 heavy (non-hydrogen) atoms. The van der Waals surface area contributed by atoms with Crippen LogP contribution in [0.4, 0.5) is 5.82 Å². The third-order valence-corrected chi connectivity index (χ3v) is 3.71. The van der Waals surface area contributed by atoms with E-state index in [0.29, 0.717) is 5.56 Å². The highest BCUT2D eigenvalue weighted by atomic mass is 16.3. The summed E-state index contributed by atoms with van der Waals surface area (Å²) in [6, 6.07) is 6.05. The van der Waals surface area contributed by atoms with E-state index in [2.05, 4.69) is 27.8 Å². The number of nitrogens with zero attached hydrogens (tertiary/aromatic N) is 4. The van der Waals surface area contributed by atoms with Crippen LogP contribution in [0.1, 0.15) is 18.9 Å². The number of hydrogen-bond acceptors (Lipinski definition) is 5. The molecule has 1 saturated heterocycles. The summed E-state index contributed by atoms with van der Waals surface area (Å²) in [6.07, 6.45) is 2.59. The number of aromatic nitrogens is 1.